The molecule has 0 radical (unpaired) electrons. The zero-order valence-electron chi connectivity index (χ0n) is 10.4. The average molecular weight is 244 g/mol. The molecule has 0 heterocycles. The van der Waals surface area contributed by atoms with Crippen molar-refractivity contribution in [2.75, 3.05) is 0 Å². The van der Waals surface area contributed by atoms with E-state index in [0.29, 0.717) is 12.0 Å². The standard InChI is InChI=1S/C15H16O3/c1-9-5-10(2)15(18)12(6-9)7-11-3-4-13(16)8-14(11)17/h3-6,8,16-18H,7H2,1-2H3. The van der Waals surface area contributed by atoms with Crippen LogP contribution < -0.4 is 0 Å². The number of phenolic OH excluding ortho intramolecular Hbond substituents is 3. The second-order valence-corrected chi connectivity index (χ2v) is 4.58. The van der Waals surface area contributed by atoms with E-state index >= 15 is 0 Å². The Morgan fingerprint density at radius 2 is 1.61 bits per heavy atom. The SMILES string of the molecule is Cc1cc(C)c(O)c(Cc2ccc(O)cc2O)c1. The Morgan fingerprint density at radius 1 is 0.889 bits per heavy atom. The lowest BCUT2D eigenvalue weighted by atomic mass is 9.98. The Bertz CT molecular complexity index is 589. The molecule has 0 aliphatic heterocycles. The van der Waals surface area contributed by atoms with Gasteiger partial charge in [0.15, 0.2) is 0 Å². The van der Waals surface area contributed by atoms with Gasteiger partial charge in [-0.1, -0.05) is 23.8 Å². The zero-order chi connectivity index (χ0) is 13.3. The molecular formula is C15H16O3. The topological polar surface area (TPSA) is 60.7 Å². The maximum atomic E-state index is 10.00. The number of aryl methyl sites for hydroxylation is 2. The summed E-state index contributed by atoms with van der Waals surface area (Å²) < 4.78 is 0. The first-order valence-corrected chi connectivity index (χ1v) is 5.77. The Labute approximate surface area is 106 Å². The van der Waals surface area contributed by atoms with Crippen molar-refractivity contribution < 1.29 is 15.3 Å². The van der Waals surface area contributed by atoms with Crippen LogP contribution in [0.25, 0.3) is 0 Å². The molecule has 0 aliphatic rings. The summed E-state index contributed by atoms with van der Waals surface area (Å²) in [4.78, 5) is 0. The average Bonchev–Trinajstić information content (AvgIpc) is 2.29. The third-order valence-electron chi connectivity index (χ3n) is 2.97. The first-order valence-electron chi connectivity index (χ1n) is 5.77. The molecule has 94 valence electrons. The van der Waals surface area contributed by atoms with Gasteiger partial charge in [-0.25, -0.2) is 0 Å². The molecule has 0 aliphatic carbocycles. The van der Waals surface area contributed by atoms with Crippen LogP contribution in [-0.2, 0) is 6.42 Å². The van der Waals surface area contributed by atoms with E-state index in [1.807, 2.05) is 26.0 Å². The van der Waals surface area contributed by atoms with Gasteiger partial charge in [0, 0.05) is 12.5 Å². The Morgan fingerprint density at radius 3 is 2.28 bits per heavy atom. The van der Waals surface area contributed by atoms with Crippen LogP contribution in [0.5, 0.6) is 17.2 Å². The monoisotopic (exact) mass is 244 g/mol. The zero-order valence-corrected chi connectivity index (χ0v) is 10.4. The van der Waals surface area contributed by atoms with Gasteiger partial charge in [-0.05, 0) is 36.6 Å². The number of hydrogen-bond donors (Lipinski definition) is 3. The van der Waals surface area contributed by atoms with Crippen LogP contribution in [0.4, 0.5) is 0 Å². The molecule has 3 N–H and O–H groups in total. The van der Waals surface area contributed by atoms with Gasteiger partial charge >= 0.3 is 0 Å². The van der Waals surface area contributed by atoms with Crippen molar-refractivity contribution in [3.05, 3.63) is 52.6 Å². The van der Waals surface area contributed by atoms with Gasteiger partial charge in [0.2, 0.25) is 0 Å². The normalized spacial score (nSPS) is 10.6. The molecule has 2 aromatic carbocycles. The van der Waals surface area contributed by atoms with Crippen molar-refractivity contribution in [1.82, 2.24) is 0 Å². The van der Waals surface area contributed by atoms with Crippen LogP contribution in [0.2, 0.25) is 0 Å². The summed E-state index contributed by atoms with van der Waals surface area (Å²) >= 11 is 0. The van der Waals surface area contributed by atoms with Crippen molar-refractivity contribution in [3.8, 4) is 17.2 Å². The molecule has 3 nitrogen and oxygen atoms in total. The van der Waals surface area contributed by atoms with E-state index in [0.717, 1.165) is 16.7 Å². The third-order valence-corrected chi connectivity index (χ3v) is 2.97. The number of hydrogen-bond acceptors (Lipinski definition) is 3. The molecule has 2 aromatic rings. The number of aromatic hydroxyl groups is 3. The lowest BCUT2D eigenvalue weighted by molar-refractivity contribution is 0.445. The summed E-state index contributed by atoms with van der Waals surface area (Å²) in [6.07, 6.45) is 0.431. The molecule has 0 aromatic heterocycles. The van der Waals surface area contributed by atoms with Gasteiger partial charge < -0.3 is 15.3 Å². The maximum Gasteiger partial charge on any atom is 0.122 e. The molecule has 0 fully saturated rings. The summed E-state index contributed by atoms with van der Waals surface area (Å²) in [5, 5.41) is 29.0. The highest BCUT2D eigenvalue weighted by Gasteiger charge is 2.09. The van der Waals surface area contributed by atoms with Gasteiger partial charge in [0.1, 0.15) is 17.2 Å². The highest BCUT2D eigenvalue weighted by molar-refractivity contribution is 5.48. The molecule has 0 amide bonds. The van der Waals surface area contributed by atoms with E-state index in [9.17, 15) is 15.3 Å². The molecule has 0 bridgehead atoms. The molecule has 0 atom stereocenters. The Balaban J connectivity index is 2.40. The van der Waals surface area contributed by atoms with Gasteiger partial charge in [0.05, 0.1) is 0 Å². The van der Waals surface area contributed by atoms with E-state index < -0.39 is 0 Å². The minimum Gasteiger partial charge on any atom is -0.508 e. The molecule has 2 rings (SSSR count). The highest BCUT2D eigenvalue weighted by Crippen LogP contribution is 2.30. The molecule has 0 spiro atoms. The lowest BCUT2D eigenvalue weighted by Gasteiger charge is -2.10. The molecule has 0 unspecified atom stereocenters. The number of phenols is 3. The van der Waals surface area contributed by atoms with E-state index in [-0.39, 0.29) is 17.2 Å². The molecule has 0 saturated carbocycles. The van der Waals surface area contributed by atoms with Crippen molar-refractivity contribution in [2.45, 2.75) is 20.3 Å². The van der Waals surface area contributed by atoms with E-state index in [2.05, 4.69) is 0 Å². The second kappa shape index (κ2) is 4.61. The van der Waals surface area contributed by atoms with Gasteiger partial charge in [0.25, 0.3) is 0 Å². The summed E-state index contributed by atoms with van der Waals surface area (Å²) in [6, 6.07) is 8.29. The quantitative estimate of drug-likeness (QED) is 0.761. The summed E-state index contributed by atoms with van der Waals surface area (Å²) in [6.45, 7) is 3.81. The molecular weight excluding hydrogens is 228 g/mol. The number of benzene rings is 2. The summed E-state index contributed by atoms with van der Waals surface area (Å²) in [5.41, 5.74) is 3.34. The van der Waals surface area contributed by atoms with Gasteiger partial charge in [-0.2, -0.15) is 0 Å². The first-order chi connectivity index (χ1) is 8.47. The molecule has 3 heteroatoms. The van der Waals surface area contributed by atoms with E-state index in [1.165, 1.54) is 12.1 Å². The largest absolute Gasteiger partial charge is 0.508 e. The van der Waals surface area contributed by atoms with Crippen LogP contribution in [0, 0.1) is 13.8 Å². The van der Waals surface area contributed by atoms with Gasteiger partial charge in [-0.15, -0.1) is 0 Å². The van der Waals surface area contributed by atoms with Crippen LogP contribution in [-0.4, -0.2) is 15.3 Å². The fourth-order valence-corrected chi connectivity index (χ4v) is 2.09. The van der Waals surface area contributed by atoms with Crippen LogP contribution >= 0.6 is 0 Å². The molecule has 18 heavy (non-hydrogen) atoms. The van der Waals surface area contributed by atoms with Crippen molar-refractivity contribution in [3.63, 3.8) is 0 Å². The fraction of sp³-hybridized carbons (Fsp3) is 0.200. The minimum atomic E-state index is 0.0286. The smallest absolute Gasteiger partial charge is 0.122 e. The minimum absolute atomic E-state index is 0.0286. The third kappa shape index (κ3) is 2.40. The Kier molecular flexibility index (Phi) is 3.15. The second-order valence-electron chi connectivity index (χ2n) is 4.58. The van der Waals surface area contributed by atoms with Crippen molar-refractivity contribution >= 4 is 0 Å². The van der Waals surface area contributed by atoms with Crippen molar-refractivity contribution in [1.29, 1.82) is 0 Å². The van der Waals surface area contributed by atoms with Crippen molar-refractivity contribution in [2.24, 2.45) is 0 Å². The number of rotatable bonds is 2. The van der Waals surface area contributed by atoms with Crippen LogP contribution in [0.1, 0.15) is 22.3 Å². The summed E-state index contributed by atoms with van der Waals surface area (Å²) in [5.74, 6) is 0.322. The molecule has 0 saturated heterocycles. The van der Waals surface area contributed by atoms with E-state index in [4.69, 9.17) is 0 Å². The van der Waals surface area contributed by atoms with E-state index in [1.54, 1.807) is 6.07 Å². The lowest BCUT2D eigenvalue weighted by Crippen LogP contribution is -1.92. The van der Waals surface area contributed by atoms with Crippen LogP contribution in [0.15, 0.2) is 30.3 Å². The van der Waals surface area contributed by atoms with Gasteiger partial charge in [-0.3, -0.25) is 0 Å². The Hall–Kier alpha value is -2.16. The summed E-state index contributed by atoms with van der Waals surface area (Å²) in [7, 11) is 0. The maximum absolute atomic E-state index is 10.00. The van der Waals surface area contributed by atoms with Crippen LogP contribution in [0.3, 0.4) is 0 Å². The highest BCUT2D eigenvalue weighted by atomic mass is 16.3. The predicted octanol–water partition coefficient (Wildman–Crippen LogP) is 3.01. The predicted molar refractivity (Wildman–Crippen MR) is 70.2 cm³/mol. The first kappa shape index (κ1) is 12.3. The fourth-order valence-electron chi connectivity index (χ4n) is 2.09.